The number of rotatable bonds is 4. The molecule has 2 aliphatic heterocycles. The topological polar surface area (TPSA) is 104 Å². The van der Waals surface area contributed by atoms with E-state index in [-0.39, 0.29) is 16.0 Å². The number of carbonyl (C=O) groups excluding carboxylic acids is 3. The number of benzene rings is 1. The minimum absolute atomic E-state index is 0.0420. The Balaban J connectivity index is 1.71. The zero-order chi connectivity index (χ0) is 20.8. The summed E-state index contributed by atoms with van der Waals surface area (Å²) < 4.78 is 4.51. The number of thioether (sulfide) groups is 1. The molecule has 1 aromatic carbocycles. The lowest BCUT2D eigenvalue weighted by molar-refractivity contribution is -0.135. The Bertz CT molecular complexity index is 904. The summed E-state index contributed by atoms with van der Waals surface area (Å²) in [6.45, 7) is 3.05. The van der Waals surface area contributed by atoms with Crippen molar-refractivity contribution in [3.05, 3.63) is 46.4 Å². The van der Waals surface area contributed by atoms with Gasteiger partial charge in [0.05, 0.1) is 18.2 Å². The van der Waals surface area contributed by atoms with Gasteiger partial charge in [-0.05, 0) is 24.9 Å². The normalized spacial score (nSPS) is 20.5. The summed E-state index contributed by atoms with van der Waals surface area (Å²) in [5, 5.41) is 10.7. The molecule has 0 saturated carbocycles. The lowest BCUT2D eigenvalue weighted by atomic mass is 10.1. The Morgan fingerprint density at radius 1 is 1.21 bits per heavy atom. The number of amidine groups is 1. The highest BCUT2D eigenvalue weighted by molar-refractivity contribution is 8.18. The fraction of sp³-hybridized carbons (Fsp3) is 0.316. The van der Waals surface area contributed by atoms with Crippen molar-refractivity contribution < 1.29 is 19.1 Å². The van der Waals surface area contributed by atoms with Gasteiger partial charge in [0.2, 0.25) is 0 Å². The quantitative estimate of drug-likeness (QED) is 0.336. The molecule has 29 heavy (non-hydrogen) atoms. The fourth-order valence-corrected chi connectivity index (χ4v) is 3.51. The SMILES string of the molecule is COC(=O)/C=C1/S/C(=N\N=Cc2ccccc2C(=O)N2CCN(C)CC2)NC1=O. The van der Waals surface area contributed by atoms with Crippen LogP contribution in [0.5, 0.6) is 0 Å². The number of hydrogen-bond acceptors (Lipinski definition) is 8. The van der Waals surface area contributed by atoms with E-state index in [9.17, 15) is 14.4 Å². The largest absolute Gasteiger partial charge is 0.466 e. The van der Waals surface area contributed by atoms with Crippen molar-refractivity contribution in [3.8, 4) is 0 Å². The maximum Gasteiger partial charge on any atom is 0.331 e. The Morgan fingerprint density at radius 3 is 2.66 bits per heavy atom. The van der Waals surface area contributed by atoms with E-state index in [1.54, 1.807) is 12.1 Å². The first-order valence-corrected chi connectivity index (χ1v) is 9.76. The molecule has 0 atom stereocenters. The van der Waals surface area contributed by atoms with Gasteiger partial charge in [-0.3, -0.25) is 14.9 Å². The molecule has 2 aliphatic rings. The number of carbonyl (C=O) groups is 3. The maximum atomic E-state index is 12.9. The van der Waals surface area contributed by atoms with Crippen molar-refractivity contribution in [3.63, 3.8) is 0 Å². The monoisotopic (exact) mass is 415 g/mol. The summed E-state index contributed by atoms with van der Waals surface area (Å²) in [5.41, 5.74) is 1.19. The van der Waals surface area contributed by atoms with Gasteiger partial charge in [-0.15, -0.1) is 5.10 Å². The first-order chi connectivity index (χ1) is 14.0. The van der Waals surface area contributed by atoms with Crippen LogP contribution in [0, 0.1) is 0 Å². The van der Waals surface area contributed by atoms with Gasteiger partial charge >= 0.3 is 5.97 Å². The molecule has 2 amide bonds. The molecule has 2 saturated heterocycles. The molecule has 0 aliphatic carbocycles. The summed E-state index contributed by atoms with van der Waals surface area (Å²) in [5.74, 6) is -1.11. The molecule has 0 aromatic heterocycles. The van der Waals surface area contributed by atoms with Gasteiger partial charge in [-0.25, -0.2) is 4.79 Å². The van der Waals surface area contributed by atoms with Crippen molar-refractivity contribution in [1.29, 1.82) is 0 Å². The molecular weight excluding hydrogens is 394 g/mol. The zero-order valence-corrected chi connectivity index (χ0v) is 16.9. The standard InChI is InChI=1S/C19H21N5O4S/c1-23-7-9-24(10-8-23)18(27)14-6-4-3-5-13(14)12-20-22-19-21-17(26)15(29-19)11-16(25)28-2/h3-6,11-12H,7-10H2,1-2H3,(H,21,22,26)/b15-11+,20-12?. The zero-order valence-electron chi connectivity index (χ0n) is 16.1. The number of nitrogens with one attached hydrogen (secondary N) is 1. The molecule has 10 heteroatoms. The molecule has 2 fully saturated rings. The van der Waals surface area contributed by atoms with Gasteiger partial charge in [0.25, 0.3) is 11.8 Å². The van der Waals surface area contributed by atoms with Gasteiger partial charge in [-0.2, -0.15) is 5.10 Å². The predicted molar refractivity (Wildman–Crippen MR) is 111 cm³/mol. The average Bonchev–Trinajstić information content (AvgIpc) is 3.07. The molecule has 0 unspecified atom stereocenters. The second-order valence-corrected chi connectivity index (χ2v) is 7.45. The van der Waals surface area contributed by atoms with E-state index in [0.717, 1.165) is 30.9 Å². The lowest BCUT2D eigenvalue weighted by Gasteiger charge is -2.32. The van der Waals surface area contributed by atoms with E-state index >= 15 is 0 Å². The number of esters is 1. The van der Waals surface area contributed by atoms with Crippen molar-refractivity contribution in [2.45, 2.75) is 0 Å². The second kappa shape index (κ2) is 9.48. The number of hydrogen-bond donors (Lipinski definition) is 1. The highest BCUT2D eigenvalue weighted by atomic mass is 32.2. The lowest BCUT2D eigenvalue weighted by Crippen LogP contribution is -2.47. The summed E-state index contributed by atoms with van der Waals surface area (Å²) in [6, 6.07) is 7.18. The molecule has 152 valence electrons. The van der Waals surface area contributed by atoms with Crippen LogP contribution >= 0.6 is 11.8 Å². The van der Waals surface area contributed by atoms with Gasteiger partial charge < -0.3 is 14.5 Å². The third-order valence-corrected chi connectivity index (χ3v) is 5.33. The summed E-state index contributed by atoms with van der Waals surface area (Å²) >= 11 is 0.987. The van der Waals surface area contributed by atoms with Crippen molar-refractivity contribution in [2.75, 3.05) is 40.3 Å². The summed E-state index contributed by atoms with van der Waals surface area (Å²) in [6.07, 6.45) is 2.57. The van der Waals surface area contributed by atoms with Crippen LogP contribution < -0.4 is 5.32 Å². The Labute approximate surface area is 172 Å². The number of methoxy groups -OCH3 is 1. The minimum Gasteiger partial charge on any atom is -0.466 e. The number of piperazine rings is 1. The summed E-state index contributed by atoms with van der Waals surface area (Å²) in [4.78, 5) is 40.1. The Kier molecular flexibility index (Phi) is 6.78. The summed E-state index contributed by atoms with van der Waals surface area (Å²) in [7, 11) is 3.27. The maximum absolute atomic E-state index is 12.9. The van der Waals surface area contributed by atoms with E-state index in [4.69, 9.17) is 0 Å². The van der Waals surface area contributed by atoms with Crippen LogP contribution in [0.3, 0.4) is 0 Å². The van der Waals surface area contributed by atoms with Gasteiger partial charge in [0.1, 0.15) is 0 Å². The minimum atomic E-state index is -0.622. The van der Waals surface area contributed by atoms with Crippen LogP contribution in [0.15, 0.2) is 45.4 Å². The van der Waals surface area contributed by atoms with Crippen LogP contribution in [-0.4, -0.2) is 79.3 Å². The highest BCUT2D eigenvalue weighted by Crippen LogP contribution is 2.23. The van der Waals surface area contributed by atoms with E-state index in [1.165, 1.54) is 13.3 Å². The number of ether oxygens (including phenoxy) is 1. The molecule has 1 N–H and O–H groups in total. The first-order valence-electron chi connectivity index (χ1n) is 8.94. The number of nitrogens with zero attached hydrogens (tertiary/aromatic N) is 4. The van der Waals surface area contributed by atoms with Gasteiger partial charge in [0, 0.05) is 43.4 Å². The molecule has 0 bridgehead atoms. The van der Waals surface area contributed by atoms with Gasteiger partial charge in [-0.1, -0.05) is 18.2 Å². The van der Waals surface area contributed by atoms with E-state index < -0.39 is 11.9 Å². The third kappa shape index (κ3) is 5.30. The van der Waals surface area contributed by atoms with Crippen LogP contribution in [0.2, 0.25) is 0 Å². The van der Waals surface area contributed by atoms with E-state index in [1.807, 2.05) is 24.1 Å². The molecular formula is C19H21N5O4S. The number of amides is 2. The Morgan fingerprint density at radius 2 is 1.93 bits per heavy atom. The number of likely N-dealkylation sites (N-methyl/N-ethyl adjacent to an activating group) is 1. The smallest absolute Gasteiger partial charge is 0.331 e. The van der Waals surface area contributed by atoms with Crippen LogP contribution in [0.25, 0.3) is 0 Å². The van der Waals surface area contributed by atoms with Gasteiger partial charge in [0.15, 0.2) is 5.17 Å². The molecule has 0 spiro atoms. The fourth-order valence-electron chi connectivity index (χ4n) is 2.77. The van der Waals surface area contributed by atoms with E-state index in [0.29, 0.717) is 24.2 Å². The molecule has 3 rings (SSSR count). The first kappa shape index (κ1) is 20.7. The van der Waals surface area contributed by atoms with E-state index in [2.05, 4.69) is 25.2 Å². The Hall–Kier alpha value is -2.98. The molecule has 0 radical (unpaired) electrons. The second-order valence-electron chi connectivity index (χ2n) is 6.42. The van der Waals surface area contributed by atoms with Crippen LogP contribution in [0.1, 0.15) is 15.9 Å². The van der Waals surface area contributed by atoms with Crippen LogP contribution in [-0.2, 0) is 14.3 Å². The molecule has 2 heterocycles. The average molecular weight is 415 g/mol. The van der Waals surface area contributed by atoms with Crippen molar-refractivity contribution in [1.82, 2.24) is 15.1 Å². The highest BCUT2D eigenvalue weighted by Gasteiger charge is 2.25. The van der Waals surface area contributed by atoms with Crippen LogP contribution in [0.4, 0.5) is 0 Å². The van der Waals surface area contributed by atoms with Crippen molar-refractivity contribution in [2.24, 2.45) is 10.2 Å². The molecule has 1 aromatic rings. The predicted octanol–water partition coefficient (Wildman–Crippen LogP) is 0.684. The molecule has 9 nitrogen and oxygen atoms in total. The third-order valence-electron chi connectivity index (χ3n) is 4.43. The van der Waals surface area contributed by atoms with Crippen molar-refractivity contribution >= 4 is 40.9 Å².